The number of ether oxygens (including phenoxy) is 1. The van der Waals surface area contributed by atoms with Gasteiger partial charge in [0, 0.05) is 36.5 Å². The highest BCUT2D eigenvalue weighted by Crippen LogP contribution is 2.35. The smallest absolute Gasteiger partial charge is 0.244 e. The summed E-state index contributed by atoms with van der Waals surface area (Å²) in [6, 6.07) is 8.81. The molecular weight excluding hydrogens is 464 g/mol. The standard InChI is InChI=1S/C22H26N4O5S2/c1-4-30-18-7-5-17(6-8-18)24-22(27)16-9-11-26(12-10-16)33(28,29)20-13-19(32-14(20)2)21-23-15(3)31-25-21/h5-8,13,16H,4,9-12H2,1-3H3,(H,24,27). The lowest BCUT2D eigenvalue weighted by Crippen LogP contribution is -2.41. The predicted molar refractivity (Wildman–Crippen MR) is 125 cm³/mol. The van der Waals surface area contributed by atoms with E-state index in [1.807, 2.05) is 19.1 Å². The van der Waals surface area contributed by atoms with E-state index in [-0.39, 0.29) is 29.8 Å². The second-order valence-electron chi connectivity index (χ2n) is 7.79. The molecule has 1 aliphatic rings. The first kappa shape index (κ1) is 23.4. The van der Waals surface area contributed by atoms with Crippen LogP contribution in [0.25, 0.3) is 10.7 Å². The maximum Gasteiger partial charge on any atom is 0.244 e. The van der Waals surface area contributed by atoms with Crippen LogP contribution in [0.2, 0.25) is 0 Å². The number of nitrogens with one attached hydrogen (secondary N) is 1. The molecule has 0 aliphatic carbocycles. The van der Waals surface area contributed by atoms with Gasteiger partial charge >= 0.3 is 0 Å². The number of aryl methyl sites for hydroxylation is 2. The molecular formula is C22H26N4O5S2. The van der Waals surface area contributed by atoms with Crippen molar-refractivity contribution in [3.63, 3.8) is 0 Å². The Bertz CT molecular complexity index is 1230. The minimum atomic E-state index is -3.68. The van der Waals surface area contributed by atoms with Crippen molar-refractivity contribution in [1.82, 2.24) is 14.4 Å². The summed E-state index contributed by atoms with van der Waals surface area (Å²) in [7, 11) is -3.68. The molecule has 176 valence electrons. The molecule has 0 unspecified atom stereocenters. The largest absolute Gasteiger partial charge is 0.494 e. The molecule has 3 aromatic rings. The second-order valence-corrected chi connectivity index (χ2v) is 11.0. The second kappa shape index (κ2) is 9.62. The summed E-state index contributed by atoms with van der Waals surface area (Å²) in [5.74, 6) is 1.20. The van der Waals surface area contributed by atoms with Crippen LogP contribution in [0.4, 0.5) is 5.69 Å². The lowest BCUT2D eigenvalue weighted by Gasteiger charge is -2.30. The molecule has 33 heavy (non-hydrogen) atoms. The van der Waals surface area contributed by atoms with E-state index in [0.29, 0.717) is 46.6 Å². The van der Waals surface area contributed by atoms with E-state index >= 15 is 0 Å². The van der Waals surface area contributed by atoms with Gasteiger partial charge in [0.1, 0.15) is 5.75 Å². The quantitative estimate of drug-likeness (QED) is 0.535. The molecule has 9 nitrogen and oxygen atoms in total. The Morgan fingerprint density at radius 2 is 1.94 bits per heavy atom. The van der Waals surface area contributed by atoms with Crippen LogP contribution in [-0.2, 0) is 14.8 Å². The van der Waals surface area contributed by atoms with Gasteiger partial charge in [-0.05, 0) is 57.0 Å². The van der Waals surface area contributed by atoms with Crippen LogP contribution in [0.1, 0.15) is 30.5 Å². The van der Waals surface area contributed by atoms with Crippen molar-refractivity contribution in [3.05, 3.63) is 41.1 Å². The maximum absolute atomic E-state index is 13.3. The van der Waals surface area contributed by atoms with Gasteiger partial charge in [0.05, 0.1) is 16.4 Å². The summed E-state index contributed by atoms with van der Waals surface area (Å²) in [5.41, 5.74) is 0.691. The Labute approximate surface area is 196 Å². The number of carbonyl (C=O) groups excluding carboxylic acids is 1. The molecule has 4 rings (SSSR count). The molecule has 0 bridgehead atoms. The average molecular weight is 491 g/mol. The van der Waals surface area contributed by atoms with Gasteiger partial charge < -0.3 is 14.6 Å². The number of carbonyl (C=O) groups is 1. The van der Waals surface area contributed by atoms with Gasteiger partial charge in [0.2, 0.25) is 27.6 Å². The number of rotatable bonds is 7. The van der Waals surface area contributed by atoms with Crippen molar-refractivity contribution in [2.45, 2.75) is 38.5 Å². The van der Waals surface area contributed by atoms with Gasteiger partial charge in [-0.2, -0.15) is 9.29 Å². The third-order valence-corrected chi connectivity index (χ3v) is 8.70. The van der Waals surface area contributed by atoms with Gasteiger partial charge in [0.25, 0.3) is 0 Å². The van der Waals surface area contributed by atoms with Crippen molar-refractivity contribution in [1.29, 1.82) is 0 Å². The highest BCUT2D eigenvalue weighted by molar-refractivity contribution is 7.89. The Balaban J connectivity index is 1.39. The molecule has 2 aromatic heterocycles. The van der Waals surface area contributed by atoms with Crippen LogP contribution in [-0.4, -0.2) is 48.5 Å². The summed E-state index contributed by atoms with van der Waals surface area (Å²) < 4.78 is 38.4. The van der Waals surface area contributed by atoms with Crippen LogP contribution in [0.3, 0.4) is 0 Å². The number of amides is 1. The molecule has 1 fully saturated rings. The van der Waals surface area contributed by atoms with Crippen LogP contribution < -0.4 is 10.1 Å². The predicted octanol–water partition coefficient (Wildman–Crippen LogP) is 3.85. The number of aromatic nitrogens is 2. The molecule has 1 saturated heterocycles. The van der Waals surface area contributed by atoms with E-state index in [1.54, 1.807) is 32.0 Å². The minimum absolute atomic E-state index is 0.0994. The lowest BCUT2D eigenvalue weighted by molar-refractivity contribution is -0.120. The van der Waals surface area contributed by atoms with Gasteiger partial charge in [-0.25, -0.2) is 8.42 Å². The normalized spacial score (nSPS) is 15.5. The van der Waals surface area contributed by atoms with Crippen LogP contribution in [0.15, 0.2) is 39.8 Å². The molecule has 0 radical (unpaired) electrons. The molecule has 1 N–H and O–H groups in total. The number of nitrogens with zero attached hydrogens (tertiary/aromatic N) is 3. The van der Waals surface area contributed by atoms with Gasteiger partial charge in [-0.15, -0.1) is 11.3 Å². The number of anilines is 1. The van der Waals surface area contributed by atoms with Crippen molar-refractivity contribution in [3.8, 4) is 16.5 Å². The Morgan fingerprint density at radius 3 is 2.55 bits per heavy atom. The van der Waals surface area contributed by atoms with Crippen molar-refractivity contribution >= 4 is 33.0 Å². The molecule has 1 aromatic carbocycles. The van der Waals surface area contributed by atoms with E-state index < -0.39 is 10.0 Å². The number of hydrogen-bond donors (Lipinski definition) is 1. The summed E-state index contributed by atoms with van der Waals surface area (Å²) in [5, 5.41) is 6.79. The third-order valence-electron chi connectivity index (χ3n) is 5.50. The number of hydrogen-bond acceptors (Lipinski definition) is 8. The minimum Gasteiger partial charge on any atom is -0.494 e. The average Bonchev–Trinajstić information content (AvgIpc) is 3.41. The van der Waals surface area contributed by atoms with Crippen LogP contribution >= 0.6 is 11.3 Å². The molecule has 1 amide bonds. The van der Waals surface area contributed by atoms with Crippen LogP contribution in [0.5, 0.6) is 5.75 Å². The van der Waals surface area contributed by atoms with E-state index in [4.69, 9.17) is 9.26 Å². The first-order valence-corrected chi connectivity index (χ1v) is 13.0. The van der Waals surface area contributed by atoms with Gasteiger partial charge in [-0.1, -0.05) is 5.16 Å². The highest BCUT2D eigenvalue weighted by atomic mass is 32.2. The van der Waals surface area contributed by atoms with Crippen molar-refractivity contribution in [2.75, 3.05) is 25.0 Å². The molecule has 0 saturated carbocycles. The summed E-state index contributed by atoms with van der Waals surface area (Å²) in [6.07, 6.45) is 0.921. The highest BCUT2D eigenvalue weighted by Gasteiger charge is 2.34. The molecule has 0 spiro atoms. The molecule has 0 atom stereocenters. The van der Waals surface area contributed by atoms with E-state index in [9.17, 15) is 13.2 Å². The fourth-order valence-electron chi connectivity index (χ4n) is 3.77. The zero-order chi connectivity index (χ0) is 23.6. The number of sulfonamides is 1. The third kappa shape index (κ3) is 5.10. The zero-order valence-corrected chi connectivity index (χ0v) is 20.3. The molecule has 3 heterocycles. The summed E-state index contributed by atoms with van der Waals surface area (Å²) in [6.45, 7) is 6.52. The van der Waals surface area contributed by atoms with Gasteiger partial charge in [0.15, 0.2) is 0 Å². The van der Waals surface area contributed by atoms with Crippen molar-refractivity contribution in [2.24, 2.45) is 5.92 Å². The van der Waals surface area contributed by atoms with E-state index in [1.165, 1.54) is 15.6 Å². The Kier molecular flexibility index (Phi) is 6.82. The Hall–Kier alpha value is -2.76. The number of benzene rings is 1. The fraction of sp³-hybridized carbons (Fsp3) is 0.409. The van der Waals surface area contributed by atoms with E-state index in [0.717, 1.165) is 5.75 Å². The molecule has 1 aliphatic heterocycles. The van der Waals surface area contributed by atoms with Crippen LogP contribution in [0, 0.1) is 19.8 Å². The van der Waals surface area contributed by atoms with Crippen molar-refractivity contribution < 1.29 is 22.5 Å². The van der Waals surface area contributed by atoms with Gasteiger partial charge in [-0.3, -0.25) is 4.79 Å². The SMILES string of the molecule is CCOc1ccc(NC(=O)C2CCN(S(=O)(=O)c3cc(-c4noc(C)n4)sc3C)CC2)cc1. The first-order chi connectivity index (χ1) is 15.8. The first-order valence-electron chi connectivity index (χ1n) is 10.7. The molecule has 11 heteroatoms. The topological polar surface area (TPSA) is 115 Å². The fourth-order valence-corrected chi connectivity index (χ4v) is 6.73. The van der Waals surface area contributed by atoms with E-state index in [2.05, 4.69) is 15.5 Å². The monoisotopic (exact) mass is 490 g/mol. The summed E-state index contributed by atoms with van der Waals surface area (Å²) in [4.78, 5) is 18.4. The zero-order valence-electron chi connectivity index (χ0n) is 18.7. The lowest BCUT2D eigenvalue weighted by atomic mass is 9.97. The summed E-state index contributed by atoms with van der Waals surface area (Å²) >= 11 is 1.32. The number of piperidine rings is 1. The Morgan fingerprint density at radius 1 is 1.24 bits per heavy atom. The number of thiophene rings is 1. The maximum atomic E-state index is 13.3.